The van der Waals surface area contributed by atoms with Crippen molar-refractivity contribution in [3.8, 4) is 11.6 Å². The zero-order valence-electron chi connectivity index (χ0n) is 11.5. The fourth-order valence-electron chi connectivity index (χ4n) is 2.09. The molecule has 0 fully saturated rings. The summed E-state index contributed by atoms with van der Waals surface area (Å²) in [5.41, 5.74) is 1.85. The minimum atomic E-state index is 0.503. The minimum Gasteiger partial charge on any atom is -0.436 e. The highest BCUT2D eigenvalue weighted by atomic mass is 16.5. The molecule has 2 heterocycles. The van der Waals surface area contributed by atoms with Crippen LogP contribution in [0.5, 0.6) is 11.6 Å². The Morgan fingerprint density at radius 1 is 1.30 bits per heavy atom. The van der Waals surface area contributed by atoms with Gasteiger partial charge < -0.3 is 10.1 Å². The van der Waals surface area contributed by atoms with Crippen molar-refractivity contribution < 1.29 is 4.74 Å². The molecule has 5 heteroatoms. The third-order valence-corrected chi connectivity index (χ3v) is 3.16. The summed E-state index contributed by atoms with van der Waals surface area (Å²) in [6, 6.07) is 7.97. The van der Waals surface area contributed by atoms with Crippen molar-refractivity contribution in [3.63, 3.8) is 0 Å². The molecular formula is C15H16N4O. The van der Waals surface area contributed by atoms with Crippen LogP contribution in [0, 0.1) is 0 Å². The molecule has 0 saturated carbocycles. The number of aromatic nitrogens is 3. The van der Waals surface area contributed by atoms with Gasteiger partial charge in [-0.3, -0.25) is 4.40 Å². The summed E-state index contributed by atoms with van der Waals surface area (Å²) < 4.78 is 7.87. The number of imidazole rings is 1. The van der Waals surface area contributed by atoms with Gasteiger partial charge in [0.05, 0.1) is 6.20 Å². The summed E-state index contributed by atoms with van der Waals surface area (Å²) in [6.07, 6.45) is 6.39. The number of hydrogen-bond donors (Lipinski definition) is 1. The average Bonchev–Trinajstić information content (AvgIpc) is 2.96. The SMILES string of the molecule is CCc1ccccc1Oc1nc(NC)cn2ccnc12. The van der Waals surface area contributed by atoms with Gasteiger partial charge in [0.2, 0.25) is 5.65 Å². The summed E-state index contributed by atoms with van der Waals surface area (Å²) in [5, 5.41) is 3.02. The van der Waals surface area contributed by atoms with E-state index in [2.05, 4.69) is 28.3 Å². The summed E-state index contributed by atoms with van der Waals surface area (Å²) in [5.74, 6) is 2.06. The average molecular weight is 268 g/mol. The molecular weight excluding hydrogens is 252 g/mol. The van der Waals surface area contributed by atoms with Gasteiger partial charge in [-0.05, 0) is 18.1 Å². The lowest BCUT2D eigenvalue weighted by Crippen LogP contribution is -2.00. The molecule has 102 valence electrons. The van der Waals surface area contributed by atoms with Crippen LogP contribution in [0.25, 0.3) is 5.65 Å². The van der Waals surface area contributed by atoms with Crippen molar-refractivity contribution in [3.05, 3.63) is 48.4 Å². The Kier molecular flexibility index (Phi) is 3.25. The highest BCUT2D eigenvalue weighted by Crippen LogP contribution is 2.27. The molecule has 0 atom stereocenters. The van der Waals surface area contributed by atoms with Gasteiger partial charge in [0.15, 0.2) is 0 Å². The van der Waals surface area contributed by atoms with E-state index in [1.165, 1.54) is 0 Å². The zero-order chi connectivity index (χ0) is 13.9. The fraction of sp³-hybridized carbons (Fsp3) is 0.200. The maximum absolute atomic E-state index is 5.98. The fourth-order valence-corrected chi connectivity index (χ4v) is 2.09. The molecule has 2 aromatic heterocycles. The lowest BCUT2D eigenvalue weighted by molar-refractivity contribution is 0.460. The quantitative estimate of drug-likeness (QED) is 0.790. The second-order valence-electron chi connectivity index (χ2n) is 4.40. The Hall–Kier alpha value is -2.56. The molecule has 1 N–H and O–H groups in total. The van der Waals surface area contributed by atoms with Gasteiger partial charge >= 0.3 is 0 Å². The predicted octanol–water partition coefficient (Wildman–Crippen LogP) is 3.13. The molecule has 0 aliphatic rings. The topological polar surface area (TPSA) is 51.5 Å². The van der Waals surface area contributed by atoms with Crippen molar-refractivity contribution in [1.29, 1.82) is 0 Å². The molecule has 0 bridgehead atoms. The summed E-state index contributed by atoms with van der Waals surface area (Å²) >= 11 is 0. The van der Waals surface area contributed by atoms with Crippen LogP contribution in [0.15, 0.2) is 42.9 Å². The molecule has 3 rings (SSSR count). The van der Waals surface area contributed by atoms with Gasteiger partial charge in [0, 0.05) is 19.4 Å². The predicted molar refractivity (Wildman–Crippen MR) is 78.4 cm³/mol. The highest BCUT2D eigenvalue weighted by Gasteiger charge is 2.11. The van der Waals surface area contributed by atoms with Crippen LogP contribution in [-0.4, -0.2) is 21.4 Å². The van der Waals surface area contributed by atoms with Gasteiger partial charge in [-0.2, -0.15) is 4.98 Å². The van der Waals surface area contributed by atoms with Gasteiger partial charge in [-0.15, -0.1) is 0 Å². The molecule has 0 unspecified atom stereocenters. The standard InChI is InChI=1S/C15H16N4O/c1-3-11-6-4-5-7-12(11)20-15-14-17-8-9-19(14)10-13(16-2)18-15/h4-10,16H,3H2,1-2H3. The van der Waals surface area contributed by atoms with E-state index < -0.39 is 0 Å². The smallest absolute Gasteiger partial charge is 0.265 e. The number of fused-ring (bicyclic) bond motifs is 1. The third kappa shape index (κ3) is 2.18. The van der Waals surface area contributed by atoms with Gasteiger partial charge in [0.25, 0.3) is 5.88 Å². The molecule has 5 nitrogen and oxygen atoms in total. The molecule has 0 saturated heterocycles. The lowest BCUT2D eigenvalue weighted by atomic mass is 10.1. The summed E-state index contributed by atoms with van der Waals surface area (Å²) in [4.78, 5) is 8.74. The Morgan fingerprint density at radius 3 is 2.95 bits per heavy atom. The van der Waals surface area contributed by atoms with Gasteiger partial charge in [0.1, 0.15) is 11.6 Å². The van der Waals surface area contributed by atoms with E-state index in [1.807, 2.05) is 42.0 Å². The van der Waals surface area contributed by atoms with Crippen molar-refractivity contribution >= 4 is 11.5 Å². The van der Waals surface area contributed by atoms with Crippen LogP contribution in [0.4, 0.5) is 5.82 Å². The Morgan fingerprint density at radius 2 is 2.15 bits per heavy atom. The van der Waals surface area contributed by atoms with E-state index in [0.717, 1.165) is 23.6 Å². The van der Waals surface area contributed by atoms with Crippen LogP contribution in [-0.2, 0) is 6.42 Å². The first-order valence-corrected chi connectivity index (χ1v) is 6.59. The van der Waals surface area contributed by atoms with E-state index >= 15 is 0 Å². The van der Waals surface area contributed by atoms with Gasteiger partial charge in [-0.1, -0.05) is 25.1 Å². The molecule has 3 aromatic rings. The second-order valence-corrected chi connectivity index (χ2v) is 4.40. The van der Waals surface area contributed by atoms with Crippen molar-refractivity contribution in [1.82, 2.24) is 14.4 Å². The molecule has 1 aromatic carbocycles. The largest absolute Gasteiger partial charge is 0.436 e. The number of aryl methyl sites for hydroxylation is 1. The van der Waals surface area contributed by atoms with Crippen LogP contribution in [0.2, 0.25) is 0 Å². The zero-order valence-corrected chi connectivity index (χ0v) is 11.5. The number of hydrogen-bond acceptors (Lipinski definition) is 4. The number of benzene rings is 1. The number of para-hydroxylation sites is 1. The molecule has 20 heavy (non-hydrogen) atoms. The molecule has 0 radical (unpaired) electrons. The minimum absolute atomic E-state index is 0.503. The maximum Gasteiger partial charge on any atom is 0.265 e. The monoisotopic (exact) mass is 268 g/mol. The van der Waals surface area contributed by atoms with E-state index in [-0.39, 0.29) is 0 Å². The number of rotatable bonds is 4. The number of ether oxygens (including phenoxy) is 1. The highest BCUT2D eigenvalue weighted by molar-refractivity contribution is 5.55. The van der Waals surface area contributed by atoms with E-state index in [0.29, 0.717) is 11.5 Å². The van der Waals surface area contributed by atoms with Gasteiger partial charge in [-0.25, -0.2) is 4.98 Å². The Labute approximate surface area is 117 Å². The van der Waals surface area contributed by atoms with Crippen molar-refractivity contribution in [2.45, 2.75) is 13.3 Å². The normalized spacial score (nSPS) is 10.7. The first kappa shape index (κ1) is 12.5. The number of anilines is 1. The summed E-state index contributed by atoms with van der Waals surface area (Å²) in [6.45, 7) is 2.10. The first-order valence-electron chi connectivity index (χ1n) is 6.59. The van der Waals surface area contributed by atoms with Crippen LogP contribution < -0.4 is 10.1 Å². The first-order chi connectivity index (χ1) is 9.81. The Balaban J connectivity index is 2.07. The van der Waals surface area contributed by atoms with Crippen molar-refractivity contribution in [2.75, 3.05) is 12.4 Å². The lowest BCUT2D eigenvalue weighted by Gasteiger charge is -2.11. The molecule has 0 amide bonds. The van der Waals surface area contributed by atoms with Crippen molar-refractivity contribution in [2.24, 2.45) is 0 Å². The maximum atomic E-state index is 5.98. The summed E-state index contributed by atoms with van der Waals surface area (Å²) in [7, 11) is 1.83. The number of nitrogens with one attached hydrogen (secondary N) is 1. The molecule has 0 aliphatic carbocycles. The van der Waals surface area contributed by atoms with Crippen LogP contribution in [0.3, 0.4) is 0 Å². The second kappa shape index (κ2) is 5.21. The van der Waals surface area contributed by atoms with E-state index in [4.69, 9.17) is 4.74 Å². The third-order valence-electron chi connectivity index (χ3n) is 3.16. The van der Waals surface area contributed by atoms with E-state index in [1.54, 1.807) is 6.20 Å². The van der Waals surface area contributed by atoms with E-state index in [9.17, 15) is 0 Å². The van der Waals surface area contributed by atoms with Crippen LogP contribution >= 0.6 is 0 Å². The Bertz CT molecular complexity index is 736. The number of nitrogens with zero attached hydrogens (tertiary/aromatic N) is 3. The molecule has 0 aliphatic heterocycles. The van der Waals surface area contributed by atoms with Crippen LogP contribution in [0.1, 0.15) is 12.5 Å². The molecule has 0 spiro atoms.